The third-order valence-corrected chi connectivity index (χ3v) is 4.85. The van der Waals surface area contributed by atoms with Crippen molar-refractivity contribution in [2.45, 2.75) is 12.6 Å². The van der Waals surface area contributed by atoms with Gasteiger partial charge in [-0.2, -0.15) is 0 Å². The largest absolute Gasteiger partial charge is 0.329 e. The van der Waals surface area contributed by atoms with Crippen molar-refractivity contribution in [3.63, 3.8) is 0 Å². The average Bonchev–Trinajstić information content (AvgIpc) is 2.85. The molecule has 2 nitrogen and oxygen atoms in total. The van der Waals surface area contributed by atoms with E-state index in [0.717, 1.165) is 16.0 Å². The molecule has 2 aromatic rings. The molecule has 0 radical (unpaired) electrons. The van der Waals surface area contributed by atoms with Crippen molar-refractivity contribution in [1.82, 2.24) is 4.90 Å². The van der Waals surface area contributed by atoms with Crippen molar-refractivity contribution in [2.75, 3.05) is 13.6 Å². The number of rotatable bonds is 5. The van der Waals surface area contributed by atoms with Gasteiger partial charge in [0.05, 0.1) is 0 Å². The van der Waals surface area contributed by atoms with Gasteiger partial charge < -0.3 is 5.73 Å². The Morgan fingerprint density at radius 1 is 1.42 bits per heavy atom. The second-order valence-corrected chi connectivity index (χ2v) is 6.73. The van der Waals surface area contributed by atoms with Crippen LogP contribution in [0.25, 0.3) is 0 Å². The first kappa shape index (κ1) is 15.0. The second-order valence-electron chi connectivity index (χ2n) is 4.41. The minimum atomic E-state index is 0.175. The monoisotopic (exact) mass is 358 g/mol. The summed E-state index contributed by atoms with van der Waals surface area (Å²) in [7, 11) is 2.10. The van der Waals surface area contributed by atoms with Crippen molar-refractivity contribution in [3.05, 3.63) is 55.6 Å². The van der Waals surface area contributed by atoms with Crippen LogP contribution in [0.5, 0.6) is 0 Å². The van der Waals surface area contributed by atoms with E-state index in [2.05, 4.69) is 45.4 Å². The second kappa shape index (κ2) is 6.86. The molecular formula is C14H16BrClN2S. The smallest absolute Gasteiger partial charge is 0.0482 e. The molecule has 5 heteroatoms. The summed E-state index contributed by atoms with van der Waals surface area (Å²) in [6, 6.07) is 10.2. The molecule has 0 aliphatic carbocycles. The molecule has 0 saturated heterocycles. The Morgan fingerprint density at radius 2 is 2.21 bits per heavy atom. The molecule has 0 fully saturated rings. The summed E-state index contributed by atoms with van der Waals surface area (Å²) < 4.78 is 1.01. The normalized spacial score (nSPS) is 12.9. The Kier molecular flexibility index (Phi) is 5.42. The van der Waals surface area contributed by atoms with Crippen LogP contribution >= 0.6 is 38.9 Å². The van der Waals surface area contributed by atoms with Gasteiger partial charge in [0, 0.05) is 33.5 Å². The maximum absolute atomic E-state index is 5.99. The van der Waals surface area contributed by atoms with E-state index in [1.807, 2.05) is 18.2 Å². The molecule has 102 valence electrons. The highest BCUT2D eigenvalue weighted by Crippen LogP contribution is 2.30. The molecule has 2 N–H and O–H groups in total. The molecule has 0 bridgehead atoms. The summed E-state index contributed by atoms with van der Waals surface area (Å²) in [4.78, 5) is 3.60. The van der Waals surface area contributed by atoms with Crippen LogP contribution in [-0.4, -0.2) is 18.5 Å². The molecule has 19 heavy (non-hydrogen) atoms. The third kappa shape index (κ3) is 3.80. The maximum atomic E-state index is 5.99. The lowest BCUT2D eigenvalue weighted by Crippen LogP contribution is -2.30. The van der Waals surface area contributed by atoms with Crippen molar-refractivity contribution in [2.24, 2.45) is 5.73 Å². The van der Waals surface area contributed by atoms with E-state index < -0.39 is 0 Å². The van der Waals surface area contributed by atoms with Gasteiger partial charge in [-0.3, -0.25) is 4.90 Å². The summed E-state index contributed by atoms with van der Waals surface area (Å²) in [5.74, 6) is 0. The van der Waals surface area contributed by atoms with Crippen LogP contribution in [0.15, 0.2) is 40.2 Å². The Bertz CT molecular complexity index is 530. The fourth-order valence-electron chi connectivity index (χ4n) is 2.07. The molecule has 0 spiro atoms. The Morgan fingerprint density at radius 3 is 2.79 bits per heavy atom. The summed E-state index contributed by atoms with van der Waals surface area (Å²) in [6.07, 6.45) is 0. The first-order valence-electron chi connectivity index (χ1n) is 5.99. The molecule has 1 heterocycles. The number of hydrogen-bond donors (Lipinski definition) is 1. The number of hydrogen-bond acceptors (Lipinski definition) is 3. The number of halogens is 2. The van der Waals surface area contributed by atoms with Gasteiger partial charge >= 0.3 is 0 Å². The molecule has 0 aliphatic rings. The zero-order valence-electron chi connectivity index (χ0n) is 10.6. The van der Waals surface area contributed by atoms with Crippen LogP contribution in [-0.2, 0) is 6.54 Å². The van der Waals surface area contributed by atoms with Crippen molar-refractivity contribution in [1.29, 1.82) is 0 Å². The van der Waals surface area contributed by atoms with Gasteiger partial charge in [-0.25, -0.2) is 0 Å². The quantitative estimate of drug-likeness (QED) is 0.862. The van der Waals surface area contributed by atoms with Crippen molar-refractivity contribution in [3.8, 4) is 0 Å². The zero-order valence-corrected chi connectivity index (χ0v) is 13.8. The zero-order chi connectivity index (χ0) is 13.8. The molecule has 0 saturated carbocycles. The summed E-state index contributed by atoms with van der Waals surface area (Å²) in [5.41, 5.74) is 7.12. The predicted molar refractivity (Wildman–Crippen MR) is 86.7 cm³/mol. The third-order valence-electron chi connectivity index (χ3n) is 3.06. The Balaban J connectivity index is 2.18. The standard InChI is InChI=1S/C14H16BrClN2S/c1-18(9-11-3-2-6-19-11)14(8-17)12-5-4-10(16)7-13(12)15/h2-7,14H,8-9,17H2,1H3. The minimum Gasteiger partial charge on any atom is -0.329 e. The van der Waals surface area contributed by atoms with Gasteiger partial charge in [0.25, 0.3) is 0 Å². The van der Waals surface area contributed by atoms with Crippen LogP contribution in [0.1, 0.15) is 16.5 Å². The molecule has 1 aromatic heterocycles. The fraction of sp³-hybridized carbons (Fsp3) is 0.286. The van der Waals surface area contributed by atoms with E-state index in [1.165, 1.54) is 10.4 Å². The highest BCUT2D eigenvalue weighted by molar-refractivity contribution is 9.10. The number of nitrogens with two attached hydrogens (primary N) is 1. The first-order chi connectivity index (χ1) is 9.11. The highest BCUT2D eigenvalue weighted by atomic mass is 79.9. The topological polar surface area (TPSA) is 29.3 Å². The van der Waals surface area contributed by atoms with Crippen LogP contribution in [0.3, 0.4) is 0 Å². The maximum Gasteiger partial charge on any atom is 0.0482 e. The molecule has 1 unspecified atom stereocenters. The Labute approximate surface area is 131 Å². The summed E-state index contributed by atoms with van der Waals surface area (Å²) >= 11 is 11.3. The van der Waals surface area contributed by atoms with Crippen molar-refractivity contribution < 1.29 is 0 Å². The summed E-state index contributed by atoms with van der Waals surface area (Å²) in [5, 5.41) is 2.83. The van der Waals surface area contributed by atoms with E-state index in [-0.39, 0.29) is 6.04 Å². The van der Waals surface area contributed by atoms with E-state index in [4.69, 9.17) is 17.3 Å². The lowest BCUT2D eigenvalue weighted by molar-refractivity contribution is 0.243. The number of benzene rings is 1. The van der Waals surface area contributed by atoms with Crippen molar-refractivity contribution >= 4 is 38.9 Å². The minimum absolute atomic E-state index is 0.175. The highest BCUT2D eigenvalue weighted by Gasteiger charge is 2.18. The first-order valence-corrected chi connectivity index (χ1v) is 8.04. The molecule has 1 aromatic carbocycles. The van der Waals surface area contributed by atoms with E-state index in [9.17, 15) is 0 Å². The van der Waals surface area contributed by atoms with Crippen LogP contribution in [0.4, 0.5) is 0 Å². The number of nitrogens with zero attached hydrogens (tertiary/aromatic N) is 1. The molecule has 2 rings (SSSR count). The van der Waals surface area contributed by atoms with Gasteiger partial charge in [0.1, 0.15) is 0 Å². The SMILES string of the molecule is CN(Cc1cccs1)C(CN)c1ccc(Cl)cc1Br. The number of thiophene rings is 1. The molecular weight excluding hydrogens is 344 g/mol. The summed E-state index contributed by atoms with van der Waals surface area (Å²) in [6.45, 7) is 1.47. The molecule has 1 atom stereocenters. The van der Waals surface area contributed by atoms with E-state index in [1.54, 1.807) is 11.3 Å². The van der Waals surface area contributed by atoms with Crippen LogP contribution in [0.2, 0.25) is 5.02 Å². The van der Waals surface area contributed by atoms with Crippen LogP contribution < -0.4 is 5.73 Å². The van der Waals surface area contributed by atoms with Gasteiger partial charge in [0.15, 0.2) is 0 Å². The van der Waals surface area contributed by atoms with Crippen LogP contribution in [0, 0.1) is 0 Å². The lowest BCUT2D eigenvalue weighted by atomic mass is 10.1. The molecule has 0 amide bonds. The van der Waals surface area contributed by atoms with Gasteiger partial charge in [-0.1, -0.05) is 39.7 Å². The predicted octanol–water partition coefficient (Wildman–Crippen LogP) is 4.30. The molecule has 0 aliphatic heterocycles. The van der Waals surface area contributed by atoms with E-state index >= 15 is 0 Å². The van der Waals surface area contributed by atoms with Gasteiger partial charge in [-0.15, -0.1) is 11.3 Å². The average molecular weight is 360 g/mol. The number of likely N-dealkylation sites (N-methyl/N-ethyl adjacent to an activating group) is 1. The fourth-order valence-corrected chi connectivity index (χ4v) is 3.79. The van der Waals surface area contributed by atoms with Gasteiger partial charge in [-0.05, 0) is 36.2 Å². The van der Waals surface area contributed by atoms with E-state index in [0.29, 0.717) is 6.54 Å². The Hall–Kier alpha value is -0.390. The van der Waals surface area contributed by atoms with Gasteiger partial charge in [0.2, 0.25) is 0 Å². The lowest BCUT2D eigenvalue weighted by Gasteiger charge is -2.27.